The summed E-state index contributed by atoms with van der Waals surface area (Å²) in [6, 6.07) is 17.0. The number of amides is 1. The Labute approximate surface area is 202 Å². The number of para-hydroxylation sites is 1. The molecular weight excluding hydrogens is 448 g/mol. The molecule has 2 aromatic carbocycles. The van der Waals surface area contributed by atoms with E-state index in [0.29, 0.717) is 37.0 Å². The quantitative estimate of drug-likeness (QED) is 0.539. The largest absolute Gasteiger partial charge is 0.340 e. The third kappa shape index (κ3) is 4.79. The molecular formula is C26H32N4O3S. The van der Waals surface area contributed by atoms with Gasteiger partial charge in [0.1, 0.15) is 0 Å². The highest BCUT2D eigenvalue weighted by Gasteiger charge is 2.30. The molecule has 1 aliphatic rings. The van der Waals surface area contributed by atoms with Crippen molar-refractivity contribution in [2.45, 2.75) is 44.9 Å². The third-order valence-corrected chi connectivity index (χ3v) is 8.46. The molecule has 180 valence electrons. The molecule has 3 aromatic rings. The predicted molar refractivity (Wildman–Crippen MR) is 133 cm³/mol. The summed E-state index contributed by atoms with van der Waals surface area (Å²) < 4.78 is 29.5. The molecule has 0 N–H and O–H groups in total. The van der Waals surface area contributed by atoms with Gasteiger partial charge in [-0.15, -0.1) is 0 Å². The molecule has 0 unspecified atom stereocenters. The van der Waals surface area contributed by atoms with Crippen molar-refractivity contribution in [3.63, 3.8) is 0 Å². The van der Waals surface area contributed by atoms with Gasteiger partial charge in [0.2, 0.25) is 15.9 Å². The van der Waals surface area contributed by atoms with Gasteiger partial charge < -0.3 is 4.90 Å². The van der Waals surface area contributed by atoms with Gasteiger partial charge in [-0.05, 0) is 49.6 Å². The predicted octanol–water partition coefficient (Wildman–Crippen LogP) is 3.69. The fourth-order valence-electron chi connectivity index (χ4n) is 4.37. The van der Waals surface area contributed by atoms with Crippen LogP contribution in [0, 0.1) is 13.8 Å². The summed E-state index contributed by atoms with van der Waals surface area (Å²) in [5.74, 6) is 0.343. The van der Waals surface area contributed by atoms with Crippen LogP contribution in [0.25, 0.3) is 5.69 Å². The van der Waals surface area contributed by atoms with Crippen molar-refractivity contribution in [3.05, 3.63) is 77.1 Å². The van der Waals surface area contributed by atoms with Crippen LogP contribution in [0.1, 0.15) is 42.3 Å². The number of aromatic nitrogens is 2. The van der Waals surface area contributed by atoms with Crippen LogP contribution < -0.4 is 0 Å². The summed E-state index contributed by atoms with van der Waals surface area (Å²) in [4.78, 5) is 15.1. The number of aryl methyl sites for hydroxylation is 1. The lowest BCUT2D eigenvalue weighted by Crippen LogP contribution is -2.50. The van der Waals surface area contributed by atoms with E-state index in [1.54, 1.807) is 17.0 Å². The summed E-state index contributed by atoms with van der Waals surface area (Å²) in [7, 11) is -3.57. The third-order valence-electron chi connectivity index (χ3n) is 6.55. The Bertz CT molecular complexity index is 1260. The number of carbonyl (C=O) groups is 1. The lowest BCUT2D eigenvalue weighted by atomic mass is 10.0. The van der Waals surface area contributed by atoms with E-state index in [9.17, 15) is 13.2 Å². The van der Waals surface area contributed by atoms with Crippen LogP contribution in [-0.2, 0) is 21.2 Å². The lowest BCUT2D eigenvalue weighted by Gasteiger charge is -2.34. The first kappa shape index (κ1) is 24.2. The van der Waals surface area contributed by atoms with Crippen molar-refractivity contribution in [2.24, 2.45) is 0 Å². The van der Waals surface area contributed by atoms with Gasteiger partial charge in [-0.3, -0.25) is 4.79 Å². The van der Waals surface area contributed by atoms with E-state index >= 15 is 0 Å². The molecule has 1 aromatic heterocycles. The molecule has 2 heterocycles. The molecule has 4 rings (SSSR count). The molecule has 0 bridgehead atoms. The second-order valence-corrected chi connectivity index (χ2v) is 11.0. The molecule has 0 atom stereocenters. The van der Waals surface area contributed by atoms with Crippen molar-refractivity contribution in [3.8, 4) is 5.69 Å². The Hall–Kier alpha value is -2.97. The summed E-state index contributed by atoms with van der Waals surface area (Å²) in [5.41, 5.74) is 4.77. The maximum Gasteiger partial charge on any atom is 0.243 e. The Balaban J connectivity index is 1.41. The molecule has 1 fully saturated rings. The van der Waals surface area contributed by atoms with E-state index < -0.39 is 10.0 Å². The molecule has 0 spiro atoms. The van der Waals surface area contributed by atoms with Crippen LogP contribution in [0.2, 0.25) is 0 Å². The van der Waals surface area contributed by atoms with Crippen molar-refractivity contribution < 1.29 is 13.2 Å². The molecule has 1 amide bonds. The molecule has 8 heteroatoms. The van der Waals surface area contributed by atoms with Crippen molar-refractivity contribution in [1.29, 1.82) is 0 Å². The topological polar surface area (TPSA) is 75.5 Å². The van der Waals surface area contributed by atoms with E-state index in [0.717, 1.165) is 28.2 Å². The molecule has 0 aliphatic carbocycles. The van der Waals surface area contributed by atoms with Gasteiger partial charge in [-0.25, -0.2) is 13.1 Å². The molecule has 1 saturated heterocycles. The summed E-state index contributed by atoms with van der Waals surface area (Å²) in [6.07, 6.45) is 0.258. The van der Waals surface area contributed by atoms with Crippen LogP contribution in [0.3, 0.4) is 0 Å². The van der Waals surface area contributed by atoms with Gasteiger partial charge in [-0.1, -0.05) is 44.2 Å². The highest BCUT2D eigenvalue weighted by molar-refractivity contribution is 7.89. The minimum atomic E-state index is -3.57. The fourth-order valence-corrected chi connectivity index (χ4v) is 5.79. The van der Waals surface area contributed by atoms with Gasteiger partial charge >= 0.3 is 0 Å². The maximum atomic E-state index is 13.1. The monoisotopic (exact) mass is 480 g/mol. The standard InChI is InChI=1S/C26H32N4O3S/c1-19(2)22-10-12-24(13-11-22)34(32,33)29-16-14-28(15-17-29)26(31)18-25-20(3)27-30(21(25)4)23-8-6-5-7-9-23/h5-13,19H,14-18H2,1-4H3. The second kappa shape index (κ2) is 9.72. The van der Waals surface area contributed by atoms with Crippen LogP contribution in [0.5, 0.6) is 0 Å². The SMILES string of the molecule is Cc1nn(-c2ccccc2)c(C)c1CC(=O)N1CCN(S(=O)(=O)c2ccc(C(C)C)cc2)CC1. The number of hydrogen-bond acceptors (Lipinski definition) is 4. The summed E-state index contributed by atoms with van der Waals surface area (Å²) >= 11 is 0. The average Bonchev–Trinajstić information content (AvgIpc) is 3.13. The molecule has 0 radical (unpaired) electrons. The number of nitrogens with zero attached hydrogens (tertiary/aromatic N) is 4. The molecule has 34 heavy (non-hydrogen) atoms. The number of benzene rings is 2. The first-order valence-corrected chi connectivity index (χ1v) is 13.1. The Morgan fingerprint density at radius 2 is 1.56 bits per heavy atom. The number of rotatable bonds is 6. The van der Waals surface area contributed by atoms with Gasteiger partial charge in [0, 0.05) is 37.4 Å². The summed E-state index contributed by atoms with van der Waals surface area (Å²) in [5, 5.41) is 4.63. The Morgan fingerprint density at radius 1 is 0.941 bits per heavy atom. The number of sulfonamides is 1. The van der Waals surface area contributed by atoms with E-state index in [1.165, 1.54) is 4.31 Å². The fraction of sp³-hybridized carbons (Fsp3) is 0.385. The number of hydrogen-bond donors (Lipinski definition) is 0. The van der Waals surface area contributed by atoms with Crippen LogP contribution in [0.4, 0.5) is 0 Å². The zero-order valence-corrected chi connectivity index (χ0v) is 21.0. The molecule has 1 aliphatic heterocycles. The van der Waals surface area contributed by atoms with Crippen LogP contribution >= 0.6 is 0 Å². The van der Waals surface area contributed by atoms with Gasteiger partial charge in [0.15, 0.2) is 0 Å². The zero-order chi connectivity index (χ0) is 24.5. The Morgan fingerprint density at radius 3 is 2.15 bits per heavy atom. The van der Waals surface area contributed by atoms with Crippen LogP contribution in [-0.4, -0.2) is 59.5 Å². The first-order chi connectivity index (χ1) is 16.2. The van der Waals surface area contributed by atoms with E-state index in [4.69, 9.17) is 0 Å². The highest BCUT2D eigenvalue weighted by atomic mass is 32.2. The minimum absolute atomic E-state index is 0.00264. The smallest absolute Gasteiger partial charge is 0.243 e. The van der Waals surface area contributed by atoms with Crippen molar-refractivity contribution in [1.82, 2.24) is 19.0 Å². The van der Waals surface area contributed by atoms with Gasteiger partial charge in [-0.2, -0.15) is 9.40 Å². The molecule has 7 nitrogen and oxygen atoms in total. The van der Waals surface area contributed by atoms with Crippen LogP contribution in [0.15, 0.2) is 59.5 Å². The maximum absolute atomic E-state index is 13.1. The number of piperazine rings is 1. The van der Waals surface area contributed by atoms with Gasteiger partial charge in [0.05, 0.1) is 22.7 Å². The van der Waals surface area contributed by atoms with E-state index in [-0.39, 0.29) is 12.3 Å². The van der Waals surface area contributed by atoms with E-state index in [2.05, 4.69) is 18.9 Å². The number of carbonyl (C=O) groups excluding carboxylic acids is 1. The van der Waals surface area contributed by atoms with Crippen molar-refractivity contribution in [2.75, 3.05) is 26.2 Å². The van der Waals surface area contributed by atoms with Crippen molar-refractivity contribution >= 4 is 15.9 Å². The second-order valence-electron chi connectivity index (χ2n) is 9.08. The minimum Gasteiger partial charge on any atom is -0.340 e. The zero-order valence-electron chi connectivity index (χ0n) is 20.2. The van der Waals surface area contributed by atoms with E-state index in [1.807, 2.05) is 61.0 Å². The summed E-state index contributed by atoms with van der Waals surface area (Å²) in [6.45, 7) is 9.40. The highest BCUT2D eigenvalue weighted by Crippen LogP contribution is 2.23. The Kier molecular flexibility index (Phi) is 6.91. The average molecular weight is 481 g/mol. The lowest BCUT2D eigenvalue weighted by molar-refractivity contribution is -0.131. The first-order valence-electron chi connectivity index (χ1n) is 11.7. The normalized spacial score (nSPS) is 15.1. The molecule has 0 saturated carbocycles. The van der Waals surface area contributed by atoms with Gasteiger partial charge in [0.25, 0.3) is 0 Å².